The van der Waals surface area contributed by atoms with Crippen molar-refractivity contribution in [2.24, 2.45) is 0 Å². The Morgan fingerprint density at radius 2 is 1.79 bits per heavy atom. The largest absolute Gasteiger partial charge is 0.330 e. The third-order valence-corrected chi connectivity index (χ3v) is 4.97. The summed E-state index contributed by atoms with van der Waals surface area (Å²) in [5.41, 5.74) is 1.17. The van der Waals surface area contributed by atoms with Gasteiger partial charge in [-0.05, 0) is 49.7 Å². The number of carbonyl (C=O) groups is 3. The van der Waals surface area contributed by atoms with Crippen LogP contribution in [0.2, 0.25) is 5.02 Å². The Hall–Kier alpha value is -2.93. The highest BCUT2D eigenvalue weighted by atomic mass is 35.5. The van der Waals surface area contributed by atoms with Crippen LogP contribution in [-0.4, -0.2) is 46.7 Å². The number of rotatable bonds is 5. The van der Waals surface area contributed by atoms with Crippen LogP contribution in [0.5, 0.6) is 0 Å². The number of carbonyl (C=O) groups excluding carboxylic acids is 3. The van der Waals surface area contributed by atoms with E-state index in [1.165, 1.54) is 17.0 Å². The maximum absolute atomic E-state index is 13.8. The Morgan fingerprint density at radius 3 is 2.41 bits per heavy atom. The maximum atomic E-state index is 13.8. The quantitative estimate of drug-likeness (QED) is 0.759. The third kappa shape index (κ3) is 4.74. The molecule has 0 aliphatic carbocycles. The van der Waals surface area contributed by atoms with Gasteiger partial charge in [-0.15, -0.1) is 0 Å². The molecule has 1 aliphatic rings. The first-order valence-corrected chi connectivity index (χ1v) is 9.59. The van der Waals surface area contributed by atoms with Crippen molar-refractivity contribution in [3.63, 3.8) is 0 Å². The van der Waals surface area contributed by atoms with Crippen LogP contribution >= 0.6 is 11.6 Å². The summed E-state index contributed by atoms with van der Waals surface area (Å²) in [5, 5.41) is 2.74. The fourth-order valence-electron chi connectivity index (χ4n) is 3.10. The fraction of sp³-hybridized carbons (Fsp3) is 0.286. The molecule has 2 aromatic rings. The molecule has 0 unspecified atom stereocenters. The zero-order valence-corrected chi connectivity index (χ0v) is 16.9. The topological polar surface area (TPSA) is 69.7 Å². The molecular formula is C21H21ClFN3O3. The van der Waals surface area contributed by atoms with Crippen molar-refractivity contribution in [3.8, 4) is 0 Å². The van der Waals surface area contributed by atoms with Crippen LogP contribution in [0, 0.1) is 5.82 Å². The minimum Gasteiger partial charge on any atom is -0.330 e. The monoisotopic (exact) mass is 417 g/mol. The number of hydrogen-bond donors (Lipinski definition) is 1. The van der Waals surface area contributed by atoms with Gasteiger partial charge in [-0.2, -0.15) is 0 Å². The molecule has 8 heteroatoms. The second kappa shape index (κ2) is 8.61. The normalized spacial score (nSPS) is 14.5. The molecular weight excluding hydrogens is 397 g/mol. The van der Waals surface area contributed by atoms with Crippen LogP contribution in [0.25, 0.3) is 0 Å². The van der Waals surface area contributed by atoms with Crippen molar-refractivity contribution < 1.29 is 18.8 Å². The zero-order chi connectivity index (χ0) is 21.1. The third-order valence-electron chi connectivity index (χ3n) is 4.73. The SMILES string of the molecule is CC(C)N1CCN(Cc2ccc(C(=O)Nc3ccc(Cl)cc3F)cc2)C(=O)C1=O. The van der Waals surface area contributed by atoms with E-state index in [1.54, 1.807) is 29.2 Å². The number of anilines is 1. The van der Waals surface area contributed by atoms with E-state index in [1.807, 2.05) is 13.8 Å². The highest BCUT2D eigenvalue weighted by molar-refractivity contribution is 6.35. The fourth-order valence-corrected chi connectivity index (χ4v) is 3.26. The second-order valence-electron chi connectivity index (χ2n) is 7.09. The Bertz CT molecular complexity index is 947. The molecule has 29 heavy (non-hydrogen) atoms. The molecule has 1 heterocycles. The highest BCUT2D eigenvalue weighted by Gasteiger charge is 2.33. The highest BCUT2D eigenvalue weighted by Crippen LogP contribution is 2.20. The lowest BCUT2D eigenvalue weighted by atomic mass is 10.1. The predicted octanol–water partition coefficient (Wildman–Crippen LogP) is 3.31. The van der Waals surface area contributed by atoms with E-state index in [2.05, 4.69) is 5.32 Å². The summed E-state index contributed by atoms with van der Waals surface area (Å²) in [7, 11) is 0. The number of halogens is 2. The van der Waals surface area contributed by atoms with Gasteiger partial charge in [0.1, 0.15) is 5.82 Å². The molecule has 152 valence electrons. The van der Waals surface area contributed by atoms with Crippen molar-refractivity contribution >= 4 is 35.0 Å². The van der Waals surface area contributed by atoms with E-state index in [9.17, 15) is 18.8 Å². The van der Waals surface area contributed by atoms with E-state index >= 15 is 0 Å². The van der Waals surface area contributed by atoms with Crippen molar-refractivity contribution in [3.05, 3.63) is 64.4 Å². The number of piperazine rings is 1. The summed E-state index contributed by atoms with van der Waals surface area (Å²) in [6.45, 7) is 4.99. The molecule has 1 aliphatic heterocycles. The average Bonchev–Trinajstić information content (AvgIpc) is 2.68. The summed E-state index contributed by atoms with van der Waals surface area (Å²) < 4.78 is 13.8. The minimum atomic E-state index is -0.619. The predicted molar refractivity (Wildman–Crippen MR) is 108 cm³/mol. The Labute approximate surface area is 173 Å². The van der Waals surface area contributed by atoms with Crippen LogP contribution in [0.15, 0.2) is 42.5 Å². The molecule has 6 nitrogen and oxygen atoms in total. The van der Waals surface area contributed by atoms with E-state index in [0.29, 0.717) is 18.7 Å². The molecule has 1 N–H and O–H groups in total. The molecule has 2 aromatic carbocycles. The molecule has 0 saturated carbocycles. The Morgan fingerprint density at radius 1 is 1.10 bits per heavy atom. The summed E-state index contributed by atoms with van der Waals surface area (Å²) in [4.78, 5) is 39.9. The van der Waals surface area contributed by atoms with E-state index in [4.69, 9.17) is 11.6 Å². The summed E-state index contributed by atoms with van der Waals surface area (Å²) >= 11 is 5.71. The molecule has 0 atom stereocenters. The Kier molecular flexibility index (Phi) is 6.17. The van der Waals surface area contributed by atoms with Gasteiger partial charge in [0.25, 0.3) is 5.91 Å². The van der Waals surface area contributed by atoms with Crippen LogP contribution < -0.4 is 5.32 Å². The second-order valence-corrected chi connectivity index (χ2v) is 7.53. The van der Waals surface area contributed by atoms with Gasteiger partial charge in [-0.1, -0.05) is 23.7 Å². The van der Waals surface area contributed by atoms with Gasteiger partial charge in [0.15, 0.2) is 0 Å². The van der Waals surface area contributed by atoms with Gasteiger partial charge < -0.3 is 15.1 Å². The smallest absolute Gasteiger partial charge is 0.312 e. The summed E-state index contributed by atoms with van der Waals surface area (Å²) in [6.07, 6.45) is 0. The lowest BCUT2D eigenvalue weighted by Crippen LogP contribution is -2.55. The number of nitrogens with zero attached hydrogens (tertiary/aromatic N) is 2. The van der Waals surface area contributed by atoms with Gasteiger partial charge in [0, 0.05) is 36.3 Å². The standard InChI is InChI=1S/C21H21ClFN3O3/c1-13(2)26-10-9-25(20(28)21(26)29)12-14-3-5-15(6-4-14)19(27)24-18-8-7-16(22)11-17(18)23/h3-8,11,13H,9-10,12H2,1-2H3,(H,24,27). The van der Waals surface area contributed by atoms with E-state index in [0.717, 1.165) is 11.6 Å². The number of amides is 3. The molecule has 3 rings (SSSR count). The molecule has 0 aromatic heterocycles. The molecule has 0 radical (unpaired) electrons. The van der Waals surface area contributed by atoms with Crippen LogP contribution in [-0.2, 0) is 16.1 Å². The van der Waals surface area contributed by atoms with Gasteiger partial charge in [0.05, 0.1) is 5.69 Å². The van der Waals surface area contributed by atoms with E-state index < -0.39 is 23.5 Å². The first-order valence-electron chi connectivity index (χ1n) is 9.21. The molecule has 1 saturated heterocycles. The number of hydrogen-bond acceptors (Lipinski definition) is 3. The first-order chi connectivity index (χ1) is 13.8. The lowest BCUT2D eigenvalue weighted by Gasteiger charge is -2.36. The lowest BCUT2D eigenvalue weighted by molar-refractivity contribution is -0.157. The van der Waals surface area contributed by atoms with Crippen molar-refractivity contribution in [2.75, 3.05) is 18.4 Å². The summed E-state index contributed by atoms with van der Waals surface area (Å²) in [6, 6.07) is 10.6. The van der Waals surface area contributed by atoms with Gasteiger partial charge in [0.2, 0.25) is 0 Å². The molecule has 0 bridgehead atoms. The number of nitrogens with one attached hydrogen (secondary N) is 1. The molecule has 1 fully saturated rings. The first kappa shape index (κ1) is 20.8. The average molecular weight is 418 g/mol. The van der Waals surface area contributed by atoms with E-state index in [-0.39, 0.29) is 23.3 Å². The zero-order valence-electron chi connectivity index (χ0n) is 16.1. The Balaban J connectivity index is 1.63. The van der Waals surface area contributed by atoms with Crippen LogP contribution in [0.4, 0.5) is 10.1 Å². The maximum Gasteiger partial charge on any atom is 0.312 e. The van der Waals surface area contributed by atoms with Crippen molar-refractivity contribution in [2.45, 2.75) is 26.4 Å². The summed E-state index contributed by atoms with van der Waals surface area (Å²) in [5.74, 6) is -2.10. The van der Waals surface area contributed by atoms with Gasteiger partial charge >= 0.3 is 11.8 Å². The van der Waals surface area contributed by atoms with Crippen LogP contribution in [0.1, 0.15) is 29.8 Å². The van der Waals surface area contributed by atoms with Gasteiger partial charge in [-0.25, -0.2) is 4.39 Å². The molecule has 0 spiro atoms. The van der Waals surface area contributed by atoms with Crippen molar-refractivity contribution in [1.29, 1.82) is 0 Å². The van der Waals surface area contributed by atoms with Crippen molar-refractivity contribution in [1.82, 2.24) is 9.80 Å². The number of benzene rings is 2. The van der Waals surface area contributed by atoms with Crippen LogP contribution in [0.3, 0.4) is 0 Å². The minimum absolute atomic E-state index is 0.0168. The van der Waals surface area contributed by atoms with Gasteiger partial charge in [-0.3, -0.25) is 14.4 Å². The molecule has 3 amide bonds.